The van der Waals surface area contributed by atoms with Gasteiger partial charge in [-0.25, -0.2) is 18.4 Å². The maximum Gasteiger partial charge on any atom is 0.223 e. The molecule has 0 bridgehead atoms. The summed E-state index contributed by atoms with van der Waals surface area (Å²) in [6.45, 7) is 6.44. The van der Waals surface area contributed by atoms with Gasteiger partial charge >= 0.3 is 0 Å². The zero-order valence-corrected chi connectivity index (χ0v) is 13.8. The van der Waals surface area contributed by atoms with Crippen molar-refractivity contribution in [1.29, 1.82) is 0 Å². The van der Waals surface area contributed by atoms with Crippen molar-refractivity contribution in [3.63, 3.8) is 0 Å². The zero-order chi connectivity index (χ0) is 15.5. The van der Waals surface area contributed by atoms with Gasteiger partial charge in [-0.3, -0.25) is 0 Å². The molecule has 0 unspecified atom stereocenters. The van der Waals surface area contributed by atoms with Crippen molar-refractivity contribution in [3.05, 3.63) is 17.5 Å². The van der Waals surface area contributed by atoms with Crippen LogP contribution >= 0.6 is 0 Å². The van der Waals surface area contributed by atoms with Crippen molar-refractivity contribution in [2.24, 2.45) is 0 Å². The molecule has 2 rings (SSSR count). The summed E-state index contributed by atoms with van der Waals surface area (Å²) in [6.07, 6.45) is 5.10. The van der Waals surface area contributed by atoms with E-state index in [1.54, 1.807) is 0 Å². The number of anilines is 1. The molecule has 1 N–H and O–H groups in total. The number of piperidine rings is 1. The van der Waals surface area contributed by atoms with E-state index in [-0.39, 0.29) is 5.75 Å². The van der Waals surface area contributed by atoms with Crippen LogP contribution in [0.5, 0.6) is 0 Å². The normalized spacial score (nSPS) is 17.9. The molecule has 0 aromatic carbocycles. The minimum atomic E-state index is -2.87. The Bertz CT molecular complexity index is 581. The first kappa shape index (κ1) is 16.2. The maximum absolute atomic E-state index is 11.2. The standard InChI is InChI=1S/C14H24N4O2S/c1-11-10-15-14(16-12(11)2)17-13-4-6-18(7-5-13)8-9-21(3,19)20/h10,13H,4-9H2,1-3H3,(H,15,16,17). The molecule has 21 heavy (non-hydrogen) atoms. The third-order valence-corrected chi connectivity index (χ3v) is 4.85. The predicted molar refractivity (Wildman–Crippen MR) is 84.3 cm³/mol. The van der Waals surface area contributed by atoms with E-state index >= 15 is 0 Å². The highest BCUT2D eigenvalue weighted by Crippen LogP contribution is 2.15. The molecule has 6 nitrogen and oxygen atoms in total. The van der Waals surface area contributed by atoms with Gasteiger partial charge in [0.25, 0.3) is 0 Å². The van der Waals surface area contributed by atoms with E-state index in [0.29, 0.717) is 18.5 Å². The van der Waals surface area contributed by atoms with E-state index in [1.165, 1.54) is 6.26 Å². The monoisotopic (exact) mass is 312 g/mol. The SMILES string of the molecule is Cc1cnc(NC2CCN(CCS(C)(=O)=O)CC2)nc1C. The lowest BCUT2D eigenvalue weighted by molar-refractivity contribution is 0.230. The van der Waals surface area contributed by atoms with E-state index in [1.807, 2.05) is 20.0 Å². The van der Waals surface area contributed by atoms with Gasteiger partial charge in [-0.15, -0.1) is 0 Å². The van der Waals surface area contributed by atoms with Gasteiger partial charge in [0.1, 0.15) is 9.84 Å². The Morgan fingerprint density at radius 2 is 2.00 bits per heavy atom. The molecule has 0 atom stereocenters. The number of likely N-dealkylation sites (tertiary alicyclic amines) is 1. The van der Waals surface area contributed by atoms with Crippen molar-refractivity contribution < 1.29 is 8.42 Å². The van der Waals surface area contributed by atoms with Gasteiger partial charge in [0.15, 0.2) is 0 Å². The highest BCUT2D eigenvalue weighted by Gasteiger charge is 2.20. The Kier molecular flexibility index (Phi) is 5.16. The topological polar surface area (TPSA) is 75.2 Å². The summed E-state index contributed by atoms with van der Waals surface area (Å²) in [5.74, 6) is 0.929. The second-order valence-electron chi connectivity index (χ2n) is 5.85. The predicted octanol–water partition coefficient (Wildman–Crippen LogP) is 1.01. The number of hydrogen-bond acceptors (Lipinski definition) is 6. The Morgan fingerprint density at radius 1 is 1.33 bits per heavy atom. The molecule has 0 radical (unpaired) electrons. The van der Waals surface area contributed by atoms with Crippen LogP contribution < -0.4 is 5.32 Å². The second-order valence-corrected chi connectivity index (χ2v) is 8.11. The molecule has 118 valence electrons. The molecule has 0 amide bonds. The van der Waals surface area contributed by atoms with Crippen LogP contribution in [0.1, 0.15) is 24.1 Å². The number of aryl methyl sites for hydroxylation is 2. The zero-order valence-electron chi connectivity index (χ0n) is 13.0. The summed E-state index contributed by atoms with van der Waals surface area (Å²) < 4.78 is 22.4. The smallest absolute Gasteiger partial charge is 0.223 e. The molecule has 1 aromatic heterocycles. The first-order valence-electron chi connectivity index (χ1n) is 7.30. The molecular weight excluding hydrogens is 288 g/mol. The molecule has 7 heteroatoms. The van der Waals surface area contributed by atoms with Gasteiger partial charge in [-0.05, 0) is 32.3 Å². The van der Waals surface area contributed by atoms with Gasteiger partial charge < -0.3 is 10.2 Å². The molecule has 1 aliphatic rings. The fourth-order valence-corrected chi connectivity index (χ4v) is 2.97. The summed E-state index contributed by atoms with van der Waals surface area (Å²) >= 11 is 0. The molecule has 0 aliphatic carbocycles. The average Bonchev–Trinajstić information content (AvgIpc) is 2.41. The number of sulfone groups is 1. The van der Waals surface area contributed by atoms with E-state index in [4.69, 9.17) is 0 Å². The van der Waals surface area contributed by atoms with Crippen LogP contribution in [0.3, 0.4) is 0 Å². The van der Waals surface area contributed by atoms with Gasteiger partial charge in [0.2, 0.25) is 5.95 Å². The van der Waals surface area contributed by atoms with E-state index < -0.39 is 9.84 Å². The number of nitrogens with zero attached hydrogens (tertiary/aromatic N) is 3. The van der Waals surface area contributed by atoms with Crippen molar-refractivity contribution in [2.45, 2.75) is 32.7 Å². The second kappa shape index (κ2) is 6.70. The maximum atomic E-state index is 11.2. The van der Waals surface area contributed by atoms with Crippen LogP contribution in [0, 0.1) is 13.8 Å². The van der Waals surface area contributed by atoms with E-state index in [2.05, 4.69) is 20.2 Å². The minimum Gasteiger partial charge on any atom is -0.351 e. The Morgan fingerprint density at radius 3 is 2.57 bits per heavy atom. The number of rotatable bonds is 5. The highest BCUT2D eigenvalue weighted by molar-refractivity contribution is 7.90. The molecule has 0 saturated carbocycles. The molecule has 1 fully saturated rings. The van der Waals surface area contributed by atoms with Crippen LogP contribution in [0.2, 0.25) is 0 Å². The number of nitrogens with one attached hydrogen (secondary N) is 1. The average molecular weight is 312 g/mol. The molecule has 2 heterocycles. The third kappa shape index (κ3) is 5.24. The third-order valence-electron chi connectivity index (χ3n) is 3.92. The van der Waals surface area contributed by atoms with Gasteiger partial charge in [-0.1, -0.05) is 0 Å². The fourth-order valence-electron chi connectivity index (χ4n) is 2.38. The summed E-state index contributed by atoms with van der Waals surface area (Å²) in [4.78, 5) is 11.0. The molecule has 1 aliphatic heterocycles. The molecular formula is C14H24N4O2S. The number of hydrogen-bond donors (Lipinski definition) is 1. The molecule has 1 saturated heterocycles. The van der Waals surface area contributed by atoms with Crippen LogP contribution in [0.25, 0.3) is 0 Å². The lowest BCUT2D eigenvalue weighted by Gasteiger charge is -2.32. The Labute approximate surface area is 126 Å². The van der Waals surface area contributed by atoms with Crippen LogP contribution in [-0.4, -0.2) is 61.0 Å². The van der Waals surface area contributed by atoms with Crippen molar-refractivity contribution in [1.82, 2.24) is 14.9 Å². The summed E-state index contributed by atoms with van der Waals surface area (Å²) in [5.41, 5.74) is 2.09. The quantitative estimate of drug-likeness (QED) is 0.875. The van der Waals surface area contributed by atoms with Crippen LogP contribution in [0.4, 0.5) is 5.95 Å². The first-order valence-corrected chi connectivity index (χ1v) is 9.36. The highest BCUT2D eigenvalue weighted by atomic mass is 32.2. The molecule has 1 aromatic rings. The lowest BCUT2D eigenvalue weighted by atomic mass is 10.1. The Hall–Kier alpha value is -1.21. The largest absolute Gasteiger partial charge is 0.351 e. The summed E-state index contributed by atoms with van der Waals surface area (Å²) in [5, 5.41) is 3.37. The lowest BCUT2D eigenvalue weighted by Crippen LogP contribution is -2.41. The first-order chi connectivity index (χ1) is 9.83. The van der Waals surface area contributed by atoms with E-state index in [9.17, 15) is 8.42 Å². The molecule has 0 spiro atoms. The number of aromatic nitrogens is 2. The van der Waals surface area contributed by atoms with Gasteiger partial charge in [-0.2, -0.15) is 0 Å². The van der Waals surface area contributed by atoms with E-state index in [0.717, 1.165) is 37.2 Å². The van der Waals surface area contributed by atoms with Crippen LogP contribution in [0.15, 0.2) is 6.20 Å². The van der Waals surface area contributed by atoms with Crippen molar-refractivity contribution in [2.75, 3.05) is 37.0 Å². The van der Waals surface area contributed by atoms with Gasteiger partial charge in [0.05, 0.1) is 5.75 Å². The summed E-state index contributed by atoms with van der Waals surface area (Å²) in [7, 11) is -2.87. The van der Waals surface area contributed by atoms with Crippen LogP contribution in [-0.2, 0) is 9.84 Å². The Balaban J connectivity index is 1.80. The van der Waals surface area contributed by atoms with Crippen molar-refractivity contribution in [3.8, 4) is 0 Å². The van der Waals surface area contributed by atoms with Gasteiger partial charge in [0, 0.05) is 43.8 Å². The van der Waals surface area contributed by atoms with Crippen molar-refractivity contribution >= 4 is 15.8 Å². The fraction of sp³-hybridized carbons (Fsp3) is 0.714. The summed E-state index contributed by atoms with van der Waals surface area (Å²) in [6, 6.07) is 0.363. The minimum absolute atomic E-state index is 0.241.